The fraction of sp³-hybridized carbons (Fsp3) is 0.0625. The molecule has 0 aliphatic carbocycles. The third-order valence-corrected chi connectivity index (χ3v) is 3.24. The molecule has 0 saturated carbocycles. The average Bonchev–Trinajstić information content (AvgIpc) is 2.77. The number of phenolic OH excluding ortho intramolecular Hbond substituents is 1. The largest absolute Gasteiger partial charge is 0.573 e. The van der Waals surface area contributed by atoms with E-state index in [2.05, 4.69) is 10.1 Å². The second-order valence-electron chi connectivity index (χ2n) is 4.83. The Labute approximate surface area is 128 Å². The van der Waals surface area contributed by atoms with Gasteiger partial charge in [0.25, 0.3) is 5.91 Å². The van der Waals surface area contributed by atoms with Gasteiger partial charge in [0.1, 0.15) is 11.5 Å². The van der Waals surface area contributed by atoms with Gasteiger partial charge in [-0.1, -0.05) is 18.2 Å². The number of carbonyl (C=O) groups is 1. The lowest BCUT2D eigenvalue weighted by Gasteiger charge is -2.10. The summed E-state index contributed by atoms with van der Waals surface area (Å²) in [7, 11) is 0. The van der Waals surface area contributed by atoms with Crippen molar-refractivity contribution in [1.82, 2.24) is 0 Å². The number of anilines is 1. The zero-order valence-corrected chi connectivity index (χ0v) is 11.5. The van der Waals surface area contributed by atoms with E-state index in [0.717, 1.165) is 18.2 Å². The van der Waals surface area contributed by atoms with Crippen molar-refractivity contribution in [2.24, 2.45) is 0 Å². The van der Waals surface area contributed by atoms with Gasteiger partial charge < -0.3 is 15.2 Å². The number of aromatic hydroxyl groups is 1. The SMILES string of the molecule is O=C1Nc2ccccc2/C1=C/c1cc(OC(F)(F)F)ccc1O. The molecule has 23 heavy (non-hydrogen) atoms. The standard InChI is InChI=1S/C16H10F3NO3/c17-16(18,19)23-10-5-6-14(21)9(7-10)8-12-11-3-1-2-4-13(11)20-15(12)22/h1-8,21H,(H,20,22)/b12-8-. The number of para-hydroxylation sites is 1. The minimum absolute atomic E-state index is 0.0496. The zero-order chi connectivity index (χ0) is 16.6. The predicted octanol–water partition coefficient (Wildman–Crippen LogP) is 3.78. The smallest absolute Gasteiger partial charge is 0.507 e. The first kappa shape index (κ1) is 15.0. The van der Waals surface area contributed by atoms with E-state index in [0.29, 0.717) is 11.3 Å². The lowest BCUT2D eigenvalue weighted by atomic mass is 10.0. The van der Waals surface area contributed by atoms with Crippen LogP contribution in [0.5, 0.6) is 11.5 Å². The van der Waals surface area contributed by atoms with Crippen LogP contribution >= 0.6 is 0 Å². The number of carbonyl (C=O) groups excluding carboxylic acids is 1. The summed E-state index contributed by atoms with van der Waals surface area (Å²) in [5.41, 5.74) is 1.51. The topological polar surface area (TPSA) is 58.6 Å². The summed E-state index contributed by atoms with van der Waals surface area (Å²) in [6.07, 6.45) is -3.52. The van der Waals surface area contributed by atoms with Crippen molar-refractivity contribution in [2.45, 2.75) is 6.36 Å². The Kier molecular flexibility index (Phi) is 3.48. The number of phenols is 1. The molecule has 0 saturated heterocycles. The van der Waals surface area contributed by atoms with Crippen molar-refractivity contribution >= 4 is 23.2 Å². The molecule has 7 heteroatoms. The van der Waals surface area contributed by atoms with Crippen LogP contribution in [0.2, 0.25) is 0 Å². The second kappa shape index (κ2) is 5.35. The Morgan fingerprint density at radius 3 is 2.61 bits per heavy atom. The summed E-state index contributed by atoms with van der Waals surface area (Å²) >= 11 is 0. The molecule has 2 aromatic rings. The summed E-state index contributed by atoms with van der Waals surface area (Å²) in [5.74, 6) is -1.13. The number of hydrogen-bond donors (Lipinski definition) is 2. The van der Waals surface area contributed by atoms with Crippen molar-refractivity contribution in [1.29, 1.82) is 0 Å². The number of nitrogens with one attached hydrogen (secondary N) is 1. The summed E-state index contributed by atoms with van der Waals surface area (Å²) in [4.78, 5) is 12.0. The Morgan fingerprint density at radius 2 is 1.87 bits per heavy atom. The Balaban J connectivity index is 2.02. The van der Waals surface area contributed by atoms with E-state index < -0.39 is 18.0 Å². The molecule has 0 aromatic heterocycles. The Morgan fingerprint density at radius 1 is 1.13 bits per heavy atom. The molecule has 2 aromatic carbocycles. The normalized spacial score (nSPS) is 15.4. The summed E-state index contributed by atoms with van der Waals surface area (Å²) in [5, 5.41) is 12.5. The van der Waals surface area contributed by atoms with E-state index in [1.165, 1.54) is 6.08 Å². The monoisotopic (exact) mass is 321 g/mol. The first-order chi connectivity index (χ1) is 10.8. The zero-order valence-electron chi connectivity index (χ0n) is 11.5. The first-order valence-corrected chi connectivity index (χ1v) is 6.55. The fourth-order valence-electron chi connectivity index (χ4n) is 2.28. The van der Waals surface area contributed by atoms with Crippen LogP contribution in [0.15, 0.2) is 42.5 Å². The van der Waals surface area contributed by atoms with Crippen LogP contribution < -0.4 is 10.1 Å². The van der Waals surface area contributed by atoms with Gasteiger partial charge in [0.05, 0.1) is 0 Å². The molecule has 0 spiro atoms. The number of rotatable bonds is 2. The lowest BCUT2D eigenvalue weighted by Crippen LogP contribution is -2.17. The molecular weight excluding hydrogens is 311 g/mol. The molecule has 0 fully saturated rings. The summed E-state index contributed by atoms with van der Waals surface area (Å²) < 4.78 is 40.6. The number of fused-ring (bicyclic) bond motifs is 1. The highest BCUT2D eigenvalue weighted by molar-refractivity contribution is 6.35. The third kappa shape index (κ3) is 3.13. The minimum Gasteiger partial charge on any atom is -0.507 e. The lowest BCUT2D eigenvalue weighted by molar-refractivity contribution is -0.274. The number of benzene rings is 2. The van der Waals surface area contributed by atoms with Crippen molar-refractivity contribution in [3.05, 3.63) is 53.6 Å². The number of hydrogen-bond acceptors (Lipinski definition) is 3. The molecule has 2 N–H and O–H groups in total. The Hall–Kier alpha value is -2.96. The van der Waals surface area contributed by atoms with Gasteiger partial charge in [0, 0.05) is 22.4 Å². The highest BCUT2D eigenvalue weighted by Gasteiger charge is 2.31. The van der Waals surface area contributed by atoms with Gasteiger partial charge >= 0.3 is 6.36 Å². The van der Waals surface area contributed by atoms with E-state index in [4.69, 9.17) is 0 Å². The van der Waals surface area contributed by atoms with Gasteiger partial charge in [0.2, 0.25) is 0 Å². The van der Waals surface area contributed by atoms with Crippen LogP contribution in [0, 0.1) is 0 Å². The van der Waals surface area contributed by atoms with Gasteiger partial charge in [-0.25, -0.2) is 0 Å². The van der Waals surface area contributed by atoms with Gasteiger partial charge in [-0.15, -0.1) is 13.2 Å². The minimum atomic E-state index is -4.83. The quantitative estimate of drug-likeness (QED) is 0.828. The van der Waals surface area contributed by atoms with E-state index in [1.54, 1.807) is 24.3 Å². The van der Waals surface area contributed by atoms with Crippen molar-refractivity contribution in [3.8, 4) is 11.5 Å². The molecule has 4 nitrogen and oxygen atoms in total. The molecule has 0 unspecified atom stereocenters. The van der Waals surface area contributed by atoms with Crippen molar-refractivity contribution in [3.63, 3.8) is 0 Å². The molecule has 0 bridgehead atoms. The number of ether oxygens (including phenoxy) is 1. The molecule has 118 valence electrons. The van der Waals surface area contributed by atoms with Gasteiger partial charge in [-0.05, 0) is 30.3 Å². The molecule has 1 aliphatic rings. The molecular formula is C16H10F3NO3. The van der Waals surface area contributed by atoms with Crippen LogP contribution in [0.3, 0.4) is 0 Å². The van der Waals surface area contributed by atoms with Crippen LogP contribution in [-0.4, -0.2) is 17.4 Å². The van der Waals surface area contributed by atoms with Gasteiger partial charge in [-0.3, -0.25) is 4.79 Å². The van der Waals surface area contributed by atoms with Crippen LogP contribution in [0.4, 0.5) is 18.9 Å². The summed E-state index contributed by atoms with van der Waals surface area (Å²) in [6, 6.07) is 9.97. The molecule has 3 rings (SSSR count). The van der Waals surface area contributed by atoms with E-state index in [9.17, 15) is 23.1 Å². The summed E-state index contributed by atoms with van der Waals surface area (Å²) in [6.45, 7) is 0. The highest BCUT2D eigenvalue weighted by atomic mass is 19.4. The molecule has 0 radical (unpaired) electrons. The number of amides is 1. The second-order valence-corrected chi connectivity index (χ2v) is 4.83. The van der Waals surface area contributed by atoms with Crippen LogP contribution in [0.1, 0.15) is 11.1 Å². The van der Waals surface area contributed by atoms with E-state index in [1.807, 2.05) is 0 Å². The van der Waals surface area contributed by atoms with Gasteiger partial charge in [-0.2, -0.15) is 0 Å². The molecule has 1 amide bonds. The third-order valence-electron chi connectivity index (χ3n) is 3.24. The van der Waals surface area contributed by atoms with Crippen LogP contribution in [0.25, 0.3) is 11.6 Å². The number of alkyl halides is 3. The van der Waals surface area contributed by atoms with E-state index >= 15 is 0 Å². The average molecular weight is 321 g/mol. The number of halogens is 3. The molecule has 0 atom stereocenters. The van der Waals surface area contributed by atoms with Crippen molar-refractivity contribution < 1.29 is 27.8 Å². The highest BCUT2D eigenvalue weighted by Crippen LogP contribution is 2.35. The maximum absolute atomic E-state index is 12.3. The maximum atomic E-state index is 12.3. The van der Waals surface area contributed by atoms with Crippen molar-refractivity contribution in [2.75, 3.05) is 5.32 Å². The fourth-order valence-corrected chi connectivity index (χ4v) is 2.28. The molecule has 1 heterocycles. The maximum Gasteiger partial charge on any atom is 0.573 e. The van der Waals surface area contributed by atoms with E-state index in [-0.39, 0.29) is 16.9 Å². The van der Waals surface area contributed by atoms with Gasteiger partial charge in [0.15, 0.2) is 0 Å². The predicted molar refractivity (Wildman–Crippen MR) is 77.7 cm³/mol. The van der Waals surface area contributed by atoms with Crippen LogP contribution in [-0.2, 0) is 4.79 Å². The Bertz CT molecular complexity index is 812. The first-order valence-electron chi connectivity index (χ1n) is 6.55. The molecule has 1 aliphatic heterocycles.